The predicted octanol–water partition coefficient (Wildman–Crippen LogP) is 5.72. The van der Waals surface area contributed by atoms with Gasteiger partial charge in [0.2, 0.25) is 15.8 Å². The Kier molecular flexibility index (Phi) is 9.48. The second-order valence-corrected chi connectivity index (χ2v) is 14.6. The van der Waals surface area contributed by atoms with Gasteiger partial charge >= 0.3 is 0 Å². The van der Waals surface area contributed by atoms with E-state index in [1.807, 2.05) is 47.4 Å². The molecule has 2 aliphatic heterocycles. The third-order valence-corrected chi connectivity index (χ3v) is 10.4. The number of hydrogen-bond acceptors (Lipinski definition) is 5. The second-order valence-electron chi connectivity index (χ2n) is 12.2. The zero-order chi connectivity index (χ0) is 32.6. The Labute approximate surface area is 272 Å². The van der Waals surface area contributed by atoms with E-state index >= 15 is 0 Å². The van der Waals surface area contributed by atoms with E-state index in [0.29, 0.717) is 49.0 Å². The molecular formula is C34H35ClF3N3O4S. The summed E-state index contributed by atoms with van der Waals surface area (Å²) in [5.41, 5.74) is 4.15. The molecule has 3 aromatic carbocycles. The van der Waals surface area contributed by atoms with Crippen molar-refractivity contribution in [3.63, 3.8) is 0 Å². The Hall–Kier alpha value is -3.38. The van der Waals surface area contributed by atoms with Crippen molar-refractivity contribution in [2.45, 2.75) is 56.8 Å². The van der Waals surface area contributed by atoms with Crippen molar-refractivity contribution >= 4 is 33.1 Å². The van der Waals surface area contributed by atoms with Gasteiger partial charge in [0.1, 0.15) is 0 Å². The summed E-state index contributed by atoms with van der Waals surface area (Å²) >= 11 is 6.48. The Morgan fingerprint density at radius 3 is 2.43 bits per heavy atom. The van der Waals surface area contributed by atoms with Gasteiger partial charge < -0.3 is 15.0 Å². The van der Waals surface area contributed by atoms with Crippen molar-refractivity contribution in [2.75, 3.05) is 26.0 Å². The zero-order valence-corrected chi connectivity index (χ0v) is 26.9. The molecular weight excluding hydrogens is 639 g/mol. The molecule has 0 radical (unpaired) electrons. The van der Waals surface area contributed by atoms with Crippen LogP contribution >= 0.6 is 11.6 Å². The summed E-state index contributed by atoms with van der Waals surface area (Å²) < 4.78 is 73.0. The lowest BCUT2D eigenvalue weighted by Gasteiger charge is -2.44. The number of halogens is 4. The van der Waals surface area contributed by atoms with Gasteiger partial charge in [0.25, 0.3) is 5.91 Å². The van der Waals surface area contributed by atoms with Crippen molar-refractivity contribution in [3.05, 3.63) is 105 Å². The van der Waals surface area contributed by atoms with Crippen LogP contribution in [0.5, 0.6) is 5.75 Å². The Morgan fingerprint density at radius 2 is 1.74 bits per heavy atom. The Morgan fingerprint density at radius 1 is 1.02 bits per heavy atom. The highest BCUT2D eigenvalue weighted by Crippen LogP contribution is 2.38. The van der Waals surface area contributed by atoms with E-state index in [0.717, 1.165) is 41.2 Å². The van der Waals surface area contributed by atoms with E-state index in [-0.39, 0.29) is 31.1 Å². The van der Waals surface area contributed by atoms with Crippen molar-refractivity contribution in [1.82, 2.24) is 14.5 Å². The van der Waals surface area contributed by atoms with E-state index in [2.05, 4.69) is 5.32 Å². The molecule has 7 nitrogen and oxygen atoms in total. The van der Waals surface area contributed by atoms with Crippen molar-refractivity contribution < 1.29 is 31.1 Å². The van der Waals surface area contributed by atoms with Crippen LogP contribution in [-0.2, 0) is 27.8 Å². The summed E-state index contributed by atoms with van der Waals surface area (Å²) in [6.45, 7) is 0.833. The molecule has 2 fully saturated rings. The van der Waals surface area contributed by atoms with Crippen LogP contribution in [0.15, 0.2) is 66.2 Å². The summed E-state index contributed by atoms with van der Waals surface area (Å²) in [5, 5.41) is 4.11. The topological polar surface area (TPSA) is 79.0 Å². The van der Waals surface area contributed by atoms with E-state index in [4.69, 9.17) is 16.3 Å². The lowest BCUT2D eigenvalue weighted by molar-refractivity contribution is -0.128. The van der Waals surface area contributed by atoms with Crippen molar-refractivity contribution in [1.29, 1.82) is 0 Å². The molecule has 12 heteroatoms. The minimum Gasteiger partial charge on any atom is -0.488 e. The highest BCUT2D eigenvalue weighted by atomic mass is 35.5. The molecule has 1 N–H and O–H groups in total. The first-order chi connectivity index (χ1) is 22.0. The number of benzene rings is 3. The summed E-state index contributed by atoms with van der Waals surface area (Å²) in [6, 6.07) is 16.3. The van der Waals surface area contributed by atoms with Crippen LogP contribution in [0.2, 0.25) is 5.02 Å². The standard InChI is InChI=1S/C34H35ClF3N3O4S/c1-46(43,44)40-19-24-17-26(22-10-8-21(9-11-22)5-4-16-45-33-29(37)15-14-28(36)32(33)38)31(30(20-40)39-24)34(42)41(25-12-13-25)18-23-6-2-3-7-27(23)35/h2-3,6-11,14-15,24-25,30,39H,4-5,12-13,16-20H2,1H3/t24-,30-/m1/s1. The molecule has 46 heavy (non-hydrogen) atoms. The number of nitrogens with one attached hydrogen (secondary N) is 1. The van der Waals surface area contributed by atoms with Crippen LogP contribution in [0.1, 0.15) is 42.4 Å². The molecule has 0 spiro atoms. The average Bonchev–Trinajstić information content (AvgIpc) is 3.87. The summed E-state index contributed by atoms with van der Waals surface area (Å²) in [4.78, 5) is 16.4. The minimum absolute atomic E-state index is 0.00283. The highest BCUT2D eigenvalue weighted by Gasteiger charge is 2.44. The monoisotopic (exact) mass is 673 g/mol. The molecule has 2 bridgehead atoms. The number of fused-ring (bicyclic) bond motifs is 2. The molecule has 0 aromatic heterocycles. The molecule has 2 heterocycles. The SMILES string of the molecule is CS(=O)(=O)N1C[C@H]2CC(c3ccc(CCCOc4c(F)ccc(F)c4F)cc3)=C(C(=O)N(Cc3ccccc3Cl)C3CC3)[C@@H](C1)N2. The van der Waals surface area contributed by atoms with Gasteiger partial charge in [-0.3, -0.25) is 4.79 Å². The molecule has 2 atom stereocenters. The average molecular weight is 674 g/mol. The van der Waals surface area contributed by atoms with Gasteiger partial charge in [-0.25, -0.2) is 17.2 Å². The van der Waals surface area contributed by atoms with E-state index in [1.54, 1.807) is 6.07 Å². The van der Waals surface area contributed by atoms with Gasteiger partial charge in [-0.2, -0.15) is 8.70 Å². The number of aryl methyl sites for hydroxylation is 1. The van der Waals surface area contributed by atoms with Crippen molar-refractivity contribution in [2.24, 2.45) is 0 Å². The third kappa shape index (κ3) is 7.12. The highest BCUT2D eigenvalue weighted by molar-refractivity contribution is 7.88. The molecule has 3 aromatic rings. The van der Waals surface area contributed by atoms with Crippen LogP contribution in [-0.4, -0.2) is 67.6 Å². The van der Waals surface area contributed by atoms with Gasteiger partial charge in [0.15, 0.2) is 17.4 Å². The maximum absolute atomic E-state index is 14.5. The summed E-state index contributed by atoms with van der Waals surface area (Å²) in [6.07, 6.45) is 4.45. The van der Waals surface area contributed by atoms with Gasteiger partial charge in [-0.15, -0.1) is 0 Å². The molecule has 3 aliphatic rings. The quantitative estimate of drug-likeness (QED) is 0.208. The number of rotatable bonds is 11. The zero-order valence-electron chi connectivity index (χ0n) is 25.3. The normalized spacial score (nSPS) is 20.1. The second kappa shape index (κ2) is 13.4. The smallest absolute Gasteiger partial charge is 0.252 e. The number of carbonyl (C=O) groups excluding carboxylic acids is 1. The number of sulfonamides is 1. The number of carbonyl (C=O) groups is 1. The minimum atomic E-state index is -3.46. The largest absolute Gasteiger partial charge is 0.488 e. The van der Waals surface area contributed by atoms with Crippen LogP contribution in [0.4, 0.5) is 13.2 Å². The molecule has 6 rings (SSSR count). The summed E-state index contributed by atoms with van der Waals surface area (Å²) in [7, 11) is -3.46. The van der Waals surface area contributed by atoms with Crippen molar-refractivity contribution in [3.8, 4) is 5.75 Å². The Balaban J connectivity index is 1.24. The number of ether oxygens (including phenoxy) is 1. The predicted molar refractivity (Wildman–Crippen MR) is 170 cm³/mol. The van der Waals surface area contributed by atoms with E-state index in [1.165, 1.54) is 10.6 Å². The molecule has 0 unspecified atom stereocenters. The molecule has 1 saturated carbocycles. The van der Waals surface area contributed by atoms with Gasteiger partial charge in [0.05, 0.1) is 18.9 Å². The lowest BCUT2D eigenvalue weighted by Crippen LogP contribution is -2.62. The number of piperazine rings is 1. The fraction of sp³-hybridized carbons (Fsp3) is 0.382. The molecule has 1 aliphatic carbocycles. The van der Waals surface area contributed by atoms with Crippen LogP contribution in [0.25, 0.3) is 5.57 Å². The summed E-state index contributed by atoms with van der Waals surface area (Å²) in [5.74, 6) is -4.32. The van der Waals surface area contributed by atoms with Gasteiger partial charge in [-0.1, -0.05) is 54.1 Å². The maximum atomic E-state index is 14.5. The third-order valence-electron chi connectivity index (χ3n) is 8.78. The first-order valence-electron chi connectivity index (χ1n) is 15.3. The van der Waals surface area contributed by atoms with Gasteiger partial charge in [-0.05, 0) is 72.6 Å². The van der Waals surface area contributed by atoms with Gasteiger partial charge in [0, 0.05) is 42.3 Å². The molecule has 1 amide bonds. The Bertz CT molecular complexity index is 1770. The molecule has 244 valence electrons. The fourth-order valence-electron chi connectivity index (χ4n) is 6.28. The fourth-order valence-corrected chi connectivity index (χ4v) is 7.35. The van der Waals surface area contributed by atoms with Crippen LogP contribution in [0.3, 0.4) is 0 Å². The number of nitrogens with zero attached hydrogens (tertiary/aromatic N) is 2. The molecule has 1 saturated heterocycles. The lowest BCUT2D eigenvalue weighted by atomic mass is 9.83. The van der Waals surface area contributed by atoms with E-state index in [9.17, 15) is 26.4 Å². The number of hydrogen-bond donors (Lipinski definition) is 1. The number of amides is 1. The van der Waals surface area contributed by atoms with Crippen LogP contribution < -0.4 is 10.1 Å². The maximum Gasteiger partial charge on any atom is 0.252 e. The first kappa shape index (κ1) is 32.6. The van der Waals surface area contributed by atoms with Crippen LogP contribution in [0, 0.1) is 17.5 Å². The van der Waals surface area contributed by atoms with E-state index < -0.39 is 39.3 Å². The first-order valence-corrected chi connectivity index (χ1v) is 17.6.